The molecule has 0 spiro atoms. The predicted molar refractivity (Wildman–Crippen MR) is 75.2 cm³/mol. The number of nitrogens with one attached hydrogen (secondary N) is 1. The lowest BCUT2D eigenvalue weighted by molar-refractivity contribution is 0.392. The largest absolute Gasteiger partial charge is 0.396 e. The molecule has 0 heterocycles. The lowest BCUT2D eigenvalue weighted by Gasteiger charge is -2.23. The minimum Gasteiger partial charge on any atom is -0.396 e. The third kappa shape index (κ3) is 2.28. The van der Waals surface area contributed by atoms with Crippen molar-refractivity contribution >= 4 is 11.4 Å². The van der Waals surface area contributed by atoms with Crippen molar-refractivity contribution in [2.75, 3.05) is 11.1 Å². The van der Waals surface area contributed by atoms with Crippen LogP contribution in [0.1, 0.15) is 38.7 Å². The zero-order chi connectivity index (χ0) is 13.1. The van der Waals surface area contributed by atoms with E-state index in [2.05, 4.69) is 25.2 Å². The molecule has 3 heteroatoms. The van der Waals surface area contributed by atoms with Crippen molar-refractivity contribution in [1.82, 2.24) is 0 Å². The van der Waals surface area contributed by atoms with Gasteiger partial charge in [-0.2, -0.15) is 5.26 Å². The van der Waals surface area contributed by atoms with Gasteiger partial charge >= 0.3 is 0 Å². The van der Waals surface area contributed by atoms with E-state index in [4.69, 9.17) is 11.0 Å². The van der Waals surface area contributed by atoms with Crippen molar-refractivity contribution in [3.8, 4) is 6.07 Å². The van der Waals surface area contributed by atoms with Crippen LogP contribution in [0.15, 0.2) is 18.2 Å². The maximum Gasteiger partial charge on any atom is 0.101 e. The van der Waals surface area contributed by atoms with Gasteiger partial charge in [0, 0.05) is 6.04 Å². The van der Waals surface area contributed by atoms with Crippen LogP contribution < -0.4 is 11.1 Å². The number of anilines is 2. The molecule has 0 aliphatic heterocycles. The quantitative estimate of drug-likeness (QED) is 0.800. The van der Waals surface area contributed by atoms with E-state index in [1.54, 1.807) is 6.07 Å². The van der Waals surface area contributed by atoms with Gasteiger partial charge in [-0.3, -0.25) is 0 Å². The number of rotatable bonds is 3. The fourth-order valence-electron chi connectivity index (χ4n) is 3.02. The van der Waals surface area contributed by atoms with Crippen LogP contribution in [0.3, 0.4) is 0 Å². The molecule has 3 unspecified atom stereocenters. The molecule has 2 rings (SSSR count). The third-order valence-electron chi connectivity index (χ3n) is 4.32. The Labute approximate surface area is 109 Å². The second kappa shape index (κ2) is 5.30. The summed E-state index contributed by atoms with van der Waals surface area (Å²) in [5, 5.41) is 12.5. The van der Waals surface area contributed by atoms with Gasteiger partial charge < -0.3 is 11.1 Å². The number of nitrogen functional groups attached to an aromatic ring is 1. The van der Waals surface area contributed by atoms with Crippen LogP contribution in [0, 0.1) is 23.2 Å². The van der Waals surface area contributed by atoms with Gasteiger partial charge in [0.05, 0.1) is 16.9 Å². The van der Waals surface area contributed by atoms with E-state index >= 15 is 0 Å². The Morgan fingerprint density at radius 1 is 1.44 bits per heavy atom. The molecule has 1 fully saturated rings. The molecule has 0 aromatic heterocycles. The number of nitrogens with zero attached hydrogens (tertiary/aromatic N) is 1. The normalized spacial score (nSPS) is 26.8. The van der Waals surface area contributed by atoms with Crippen molar-refractivity contribution < 1.29 is 0 Å². The summed E-state index contributed by atoms with van der Waals surface area (Å²) in [6, 6.07) is 8.21. The molecule has 3 N–H and O–H groups in total. The number of benzene rings is 1. The predicted octanol–water partition coefficient (Wildman–Crippen LogP) is 3.38. The minimum atomic E-state index is 0.478. The van der Waals surface area contributed by atoms with Gasteiger partial charge in [-0.15, -0.1) is 0 Å². The first-order valence-electron chi connectivity index (χ1n) is 6.72. The highest BCUT2D eigenvalue weighted by molar-refractivity contribution is 5.73. The Morgan fingerprint density at radius 2 is 2.22 bits per heavy atom. The van der Waals surface area contributed by atoms with E-state index in [1.165, 1.54) is 19.3 Å². The molecule has 1 aromatic carbocycles. The molecule has 1 aliphatic rings. The van der Waals surface area contributed by atoms with Gasteiger partial charge in [0.2, 0.25) is 0 Å². The van der Waals surface area contributed by atoms with Crippen molar-refractivity contribution in [2.45, 2.75) is 39.2 Å². The second-order valence-electron chi connectivity index (χ2n) is 5.23. The zero-order valence-electron chi connectivity index (χ0n) is 11.1. The summed E-state index contributed by atoms with van der Waals surface area (Å²) in [5.41, 5.74) is 8.03. The zero-order valence-corrected chi connectivity index (χ0v) is 11.1. The average molecular weight is 243 g/mol. The third-order valence-corrected chi connectivity index (χ3v) is 4.32. The molecule has 3 nitrogen and oxygen atoms in total. The van der Waals surface area contributed by atoms with Crippen molar-refractivity contribution in [1.29, 1.82) is 5.26 Å². The average Bonchev–Trinajstić information content (AvgIpc) is 2.73. The maximum absolute atomic E-state index is 8.98. The minimum absolute atomic E-state index is 0.478. The molecule has 1 saturated carbocycles. The molecule has 18 heavy (non-hydrogen) atoms. The number of nitriles is 1. The topological polar surface area (TPSA) is 61.8 Å². The standard InChI is InChI=1S/C15H21N3/c1-3-11-7-8-13(10(11)2)18-14-6-4-5-12(9-16)15(14)17/h4-6,10-11,13,18H,3,7-8,17H2,1-2H3. The van der Waals surface area contributed by atoms with E-state index in [9.17, 15) is 0 Å². The van der Waals surface area contributed by atoms with E-state index in [0.29, 0.717) is 23.2 Å². The maximum atomic E-state index is 8.98. The molecule has 0 amide bonds. The van der Waals surface area contributed by atoms with Crippen LogP contribution >= 0.6 is 0 Å². The second-order valence-corrected chi connectivity index (χ2v) is 5.23. The van der Waals surface area contributed by atoms with Crippen molar-refractivity contribution in [2.24, 2.45) is 11.8 Å². The highest BCUT2D eigenvalue weighted by atomic mass is 15.0. The summed E-state index contributed by atoms with van der Waals surface area (Å²) in [7, 11) is 0. The fraction of sp³-hybridized carbons (Fsp3) is 0.533. The van der Waals surface area contributed by atoms with E-state index in [0.717, 1.165) is 11.6 Å². The summed E-state index contributed by atoms with van der Waals surface area (Å²) in [5.74, 6) is 1.48. The summed E-state index contributed by atoms with van der Waals surface area (Å²) in [6.07, 6.45) is 3.72. The number of nitrogens with two attached hydrogens (primary N) is 1. The Balaban J connectivity index is 2.14. The summed E-state index contributed by atoms with van der Waals surface area (Å²) in [6.45, 7) is 4.57. The van der Waals surface area contributed by atoms with Gasteiger partial charge in [0.1, 0.15) is 6.07 Å². The van der Waals surface area contributed by atoms with Crippen LogP contribution in [0.2, 0.25) is 0 Å². The summed E-state index contributed by atoms with van der Waals surface area (Å²) in [4.78, 5) is 0. The van der Waals surface area contributed by atoms with Crippen LogP contribution in [0.4, 0.5) is 11.4 Å². The number of para-hydroxylation sites is 1. The van der Waals surface area contributed by atoms with Gasteiger partial charge in [0.15, 0.2) is 0 Å². The van der Waals surface area contributed by atoms with E-state index in [1.807, 2.05) is 12.1 Å². The van der Waals surface area contributed by atoms with E-state index in [-0.39, 0.29) is 0 Å². The highest BCUT2D eigenvalue weighted by Crippen LogP contribution is 2.36. The first kappa shape index (κ1) is 12.8. The van der Waals surface area contributed by atoms with Crippen LogP contribution in [0.5, 0.6) is 0 Å². The fourth-order valence-corrected chi connectivity index (χ4v) is 3.02. The SMILES string of the molecule is CCC1CCC(Nc2cccc(C#N)c2N)C1C. The van der Waals surface area contributed by atoms with Gasteiger partial charge in [-0.25, -0.2) is 0 Å². The smallest absolute Gasteiger partial charge is 0.101 e. The van der Waals surface area contributed by atoms with Gasteiger partial charge in [0.25, 0.3) is 0 Å². The Hall–Kier alpha value is -1.69. The first-order valence-corrected chi connectivity index (χ1v) is 6.72. The lowest BCUT2D eigenvalue weighted by atomic mass is 9.93. The van der Waals surface area contributed by atoms with Gasteiger partial charge in [-0.05, 0) is 36.8 Å². The molecule has 3 atom stereocenters. The Morgan fingerprint density at radius 3 is 2.83 bits per heavy atom. The number of hydrogen-bond acceptors (Lipinski definition) is 3. The van der Waals surface area contributed by atoms with E-state index < -0.39 is 0 Å². The molecule has 0 bridgehead atoms. The van der Waals surface area contributed by atoms with Crippen LogP contribution in [0.25, 0.3) is 0 Å². The highest BCUT2D eigenvalue weighted by Gasteiger charge is 2.31. The Bertz CT molecular complexity index is 461. The van der Waals surface area contributed by atoms with Crippen molar-refractivity contribution in [3.05, 3.63) is 23.8 Å². The molecule has 96 valence electrons. The summed E-state index contributed by atoms with van der Waals surface area (Å²) >= 11 is 0. The van der Waals surface area contributed by atoms with Crippen LogP contribution in [-0.4, -0.2) is 6.04 Å². The monoisotopic (exact) mass is 243 g/mol. The van der Waals surface area contributed by atoms with Gasteiger partial charge in [-0.1, -0.05) is 26.3 Å². The molecule has 0 radical (unpaired) electrons. The lowest BCUT2D eigenvalue weighted by Crippen LogP contribution is -2.25. The molecular formula is C15H21N3. The molecular weight excluding hydrogens is 222 g/mol. The molecule has 0 saturated heterocycles. The number of hydrogen-bond donors (Lipinski definition) is 2. The summed E-state index contributed by atoms with van der Waals surface area (Å²) < 4.78 is 0. The molecule has 1 aliphatic carbocycles. The first-order chi connectivity index (χ1) is 8.67. The molecule has 1 aromatic rings. The van der Waals surface area contributed by atoms with Crippen molar-refractivity contribution in [3.63, 3.8) is 0 Å². The Kier molecular flexibility index (Phi) is 3.76. The van der Waals surface area contributed by atoms with Crippen LogP contribution in [-0.2, 0) is 0 Å².